The molecule has 148 valence electrons. The number of thioether (sulfide) groups is 1. The summed E-state index contributed by atoms with van der Waals surface area (Å²) in [5.41, 5.74) is 1.75. The molecule has 2 heterocycles. The number of alkyl halides is 3. The summed E-state index contributed by atoms with van der Waals surface area (Å²) >= 11 is 1.03. The number of amides is 1. The topological polar surface area (TPSA) is 72.9 Å². The summed E-state index contributed by atoms with van der Waals surface area (Å²) < 4.78 is 43.8. The average Bonchev–Trinajstić information content (AvgIpc) is 3.24. The maximum absolute atomic E-state index is 12.2. The lowest BCUT2D eigenvalue weighted by atomic mass is 10.2. The number of hydrogen-bond donors (Lipinski definition) is 1. The summed E-state index contributed by atoms with van der Waals surface area (Å²) in [5.74, 6) is 0.306. The number of benzene rings is 1. The quantitative estimate of drug-likeness (QED) is 0.602. The second-order valence-corrected chi connectivity index (χ2v) is 6.89. The number of carbonyl (C=O) groups is 1. The van der Waals surface area contributed by atoms with Crippen LogP contribution < -0.4 is 5.32 Å². The van der Waals surface area contributed by atoms with E-state index in [1.807, 2.05) is 40.2 Å². The van der Waals surface area contributed by atoms with Gasteiger partial charge in [-0.1, -0.05) is 42.1 Å². The summed E-state index contributed by atoms with van der Waals surface area (Å²) in [6.07, 6.45) is -2.90. The summed E-state index contributed by atoms with van der Waals surface area (Å²) in [4.78, 5) is 11.7. The molecular weight excluding hydrogens is 393 g/mol. The van der Waals surface area contributed by atoms with Crippen molar-refractivity contribution in [1.29, 1.82) is 0 Å². The zero-order chi connectivity index (χ0) is 20.1. The van der Waals surface area contributed by atoms with E-state index in [9.17, 15) is 18.0 Å². The minimum Gasteiger partial charge on any atom is -0.469 e. The van der Waals surface area contributed by atoms with Crippen molar-refractivity contribution in [3.05, 3.63) is 54.0 Å². The summed E-state index contributed by atoms with van der Waals surface area (Å²) in [7, 11) is 0. The molecule has 0 unspecified atom stereocenters. The Kier molecular flexibility index (Phi) is 6.08. The molecule has 1 amide bonds. The number of nitrogens with one attached hydrogen (secondary N) is 1. The Labute approximate surface area is 163 Å². The highest BCUT2D eigenvalue weighted by Gasteiger charge is 2.27. The van der Waals surface area contributed by atoms with Gasteiger partial charge in [0.2, 0.25) is 5.91 Å². The van der Waals surface area contributed by atoms with Gasteiger partial charge in [0.05, 0.1) is 24.1 Å². The Morgan fingerprint density at radius 3 is 2.61 bits per heavy atom. The van der Waals surface area contributed by atoms with E-state index in [0.29, 0.717) is 23.3 Å². The van der Waals surface area contributed by atoms with Crippen LogP contribution in [0.25, 0.3) is 11.4 Å². The molecule has 0 aliphatic carbocycles. The van der Waals surface area contributed by atoms with Crippen LogP contribution in [0, 0.1) is 6.92 Å². The second kappa shape index (κ2) is 8.51. The fourth-order valence-electron chi connectivity index (χ4n) is 2.50. The number of rotatable bonds is 7. The predicted octanol–water partition coefficient (Wildman–Crippen LogP) is 3.67. The molecule has 0 bridgehead atoms. The van der Waals surface area contributed by atoms with Crippen molar-refractivity contribution in [2.45, 2.75) is 24.8 Å². The van der Waals surface area contributed by atoms with Gasteiger partial charge < -0.3 is 9.73 Å². The molecule has 2 aromatic heterocycles. The molecule has 1 aromatic carbocycles. The number of carbonyl (C=O) groups excluding carboxylic acids is 1. The molecule has 6 nitrogen and oxygen atoms in total. The third kappa shape index (κ3) is 5.16. The van der Waals surface area contributed by atoms with Crippen LogP contribution in [0.15, 0.2) is 52.2 Å². The fraction of sp³-hybridized carbons (Fsp3) is 0.278. The van der Waals surface area contributed by atoms with Crippen molar-refractivity contribution < 1.29 is 22.4 Å². The highest BCUT2D eigenvalue weighted by atomic mass is 32.2. The van der Waals surface area contributed by atoms with Crippen molar-refractivity contribution in [3.8, 4) is 11.4 Å². The van der Waals surface area contributed by atoms with E-state index >= 15 is 0 Å². The van der Waals surface area contributed by atoms with Crippen LogP contribution in [-0.4, -0.2) is 39.1 Å². The summed E-state index contributed by atoms with van der Waals surface area (Å²) in [6, 6.07) is 11.4. The molecular formula is C18H17F3N4O2S. The zero-order valence-corrected chi connectivity index (χ0v) is 15.7. The molecule has 0 aliphatic heterocycles. The van der Waals surface area contributed by atoms with E-state index in [1.54, 1.807) is 19.3 Å². The third-order valence-electron chi connectivity index (χ3n) is 3.82. The zero-order valence-electron chi connectivity index (χ0n) is 14.9. The number of halogens is 3. The molecule has 0 saturated heterocycles. The molecule has 0 atom stereocenters. The molecule has 0 aliphatic rings. The fourth-order valence-corrected chi connectivity index (χ4v) is 3.27. The van der Waals surface area contributed by atoms with Gasteiger partial charge in [-0.15, -0.1) is 10.2 Å². The predicted molar refractivity (Wildman–Crippen MR) is 97.8 cm³/mol. The van der Waals surface area contributed by atoms with Gasteiger partial charge in [0.15, 0.2) is 11.0 Å². The van der Waals surface area contributed by atoms with Gasteiger partial charge in [0.1, 0.15) is 12.3 Å². The van der Waals surface area contributed by atoms with Crippen molar-refractivity contribution in [2.24, 2.45) is 0 Å². The van der Waals surface area contributed by atoms with E-state index in [0.717, 1.165) is 22.9 Å². The van der Waals surface area contributed by atoms with E-state index in [2.05, 4.69) is 10.2 Å². The Morgan fingerprint density at radius 1 is 1.21 bits per heavy atom. The SMILES string of the molecule is Cc1occc1-c1nnc(SCC(=O)NCC(F)(F)F)n1Cc1ccccc1. The summed E-state index contributed by atoms with van der Waals surface area (Å²) in [6.45, 7) is 0.886. The number of furan rings is 1. The highest BCUT2D eigenvalue weighted by molar-refractivity contribution is 7.99. The van der Waals surface area contributed by atoms with Gasteiger partial charge in [0.25, 0.3) is 0 Å². The van der Waals surface area contributed by atoms with Crippen molar-refractivity contribution in [3.63, 3.8) is 0 Å². The molecule has 1 N–H and O–H groups in total. The number of aromatic nitrogens is 3. The Hall–Kier alpha value is -2.75. The first-order chi connectivity index (χ1) is 13.3. The first kappa shape index (κ1) is 20.0. The standard InChI is InChI=1S/C18H17F3N4O2S/c1-12-14(7-8-27-12)16-23-24-17(25(16)9-13-5-3-2-4-6-13)28-10-15(26)22-11-18(19,20)21/h2-8H,9-11H2,1H3,(H,22,26). The molecule has 3 aromatic rings. The van der Waals surface area contributed by atoms with Crippen LogP contribution in [0.5, 0.6) is 0 Å². The van der Waals surface area contributed by atoms with Crippen molar-refractivity contribution in [1.82, 2.24) is 20.1 Å². The Morgan fingerprint density at radius 2 is 1.96 bits per heavy atom. The van der Waals surface area contributed by atoms with Gasteiger partial charge in [-0.2, -0.15) is 13.2 Å². The number of hydrogen-bond acceptors (Lipinski definition) is 5. The molecule has 0 fully saturated rings. The van der Waals surface area contributed by atoms with E-state index < -0.39 is 18.6 Å². The van der Waals surface area contributed by atoms with Crippen molar-refractivity contribution >= 4 is 17.7 Å². The Bertz CT molecular complexity index is 938. The van der Waals surface area contributed by atoms with Gasteiger partial charge in [-0.25, -0.2) is 0 Å². The van der Waals surface area contributed by atoms with Crippen LogP contribution in [0.2, 0.25) is 0 Å². The maximum Gasteiger partial charge on any atom is 0.405 e. The molecule has 3 rings (SSSR count). The number of aryl methyl sites for hydroxylation is 1. The normalized spacial score (nSPS) is 11.6. The first-order valence-electron chi connectivity index (χ1n) is 8.31. The molecule has 0 spiro atoms. The van der Waals surface area contributed by atoms with E-state index in [-0.39, 0.29) is 5.75 Å². The van der Waals surface area contributed by atoms with Crippen LogP contribution >= 0.6 is 11.8 Å². The second-order valence-electron chi connectivity index (χ2n) is 5.95. The lowest BCUT2D eigenvalue weighted by Crippen LogP contribution is -2.34. The van der Waals surface area contributed by atoms with Gasteiger partial charge in [0, 0.05) is 0 Å². The molecule has 0 saturated carbocycles. The minimum absolute atomic E-state index is 0.201. The third-order valence-corrected chi connectivity index (χ3v) is 4.79. The van der Waals surface area contributed by atoms with E-state index in [4.69, 9.17) is 4.42 Å². The van der Waals surface area contributed by atoms with Crippen LogP contribution in [-0.2, 0) is 11.3 Å². The van der Waals surface area contributed by atoms with Crippen LogP contribution in [0.3, 0.4) is 0 Å². The smallest absolute Gasteiger partial charge is 0.405 e. The van der Waals surface area contributed by atoms with Gasteiger partial charge in [-0.05, 0) is 18.6 Å². The lowest BCUT2D eigenvalue weighted by molar-refractivity contribution is -0.136. The van der Waals surface area contributed by atoms with Crippen molar-refractivity contribution in [2.75, 3.05) is 12.3 Å². The minimum atomic E-state index is -4.44. The first-order valence-corrected chi connectivity index (χ1v) is 9.30. The molecule has 28 heavy (non-hydrogen) atoms. The van der Waals surface area contributed by atoms with Crippen LogP contribution in [0.4, 0.5) is 13.2 Å². The molecule has 10 heteroatoms. The van der Waals surface area contributed by atoms with Gasteiger partial charge in [-0.3, -0.25) is 9.36 Å². The summed E-state index contributed by atoms with van der Waals surface area (Å²) in [5, 5.41) is 10.6. The average molecular weight is 410 g/mol. The maximum atomic E-state index is 12.2. The molecule has 0 radical (unpaired) electrons. The lowest BCUT2D eigenvalue weighted by Gasteiger charge is -2.11. The highest BCUT2D eigenvalue weighted by Crippen LogP contribution is 2.28. The van der Waals surface area contributed by atoms with Gasteiger partial charge >= 0.3 is 6.18 Å². The van der Waals surface area contributed by atoms with E-state index in [1.165, 1.54) is 0 Å². The monoisotopic (exact) mass is 410 g/mol. The largest absolute Gasteiger partial charge is 0.469 e. The van der Waals surface area contributed by atoms with Crippen LogP contribution in [0.1, 0.15) is 11.3 Å². The Balaban J connectivity index is 1.80. The number of nitrogens with zero attached hydrogens (tertiary/aromatic N) is 3.